The lowest BCUT2D eigenvalue weighted by Gasteiger charge is -2.48. The summed E-state index contributed by atoms with van der Waals surface area (Å²) >= 11 is 1.86. The van der Waals surface area contributed by atoms with Gasteiger partial charge in [-0.15, -0.1) is 0 Å². The smallest absolute Gasteiger partial charge is 0.352 e. The molecule has 4 N–H and O–H groups in total. The number of aromatic nitrogens is 3. The second-order valence-corrected chi connectivity index (χ2v) is 10.8. The predicted octanol–water partition coefficient (Wildman–Crippen LogP) is 0.224. The first kappa shape index (κ1) is 27.8. The Balaban J connectivity index is 1.52. The average Bonchev–Trinajstić information content (AvgIpc) is 3.33. The molecule has 4 rings (SSSR count). The molecule has 1 saturated heterocycles. The van der Waals surface area contributed by atoms with E-state index >= 15 is 0 Å². The number of allylic oxidation sites excluding steroid dienone is 1. The molecule has 4 heterocycles. The fourth-order valence-corrected chi connectivity index (χ4v) is 6.23. The summed E-state index contributed by atoms with van der Waals surface area (Å²) in [6, 6.07) is 1.39. The topological polar surface area (TPSA) is 233 Å². The highest BCUT2D eigenvalue weighted by Gasteiger charge is 2.57. The van der Waals surface area contributed by atoms with Crippen LogP contribution >= 0.6 is 23.3 Å². The van der Waals surface area contributed by atoms with Gasteiger partial charge in [0.1, 0.15) is 34.9 Å². The zero-order valence-corrected chi connectivity index (χ0v) is 22.2. The van der Waals surface area contributed by atoms with E-state index in [1.54, 1.807) is 6.92 Å². The second-order valence-electron chi connectivity index (χ2n) is 7.60. The number of nitrogens with one attached hydrogen (secondary N) is 1. The van der Waals surface area contributed by atoms with E-state index in [-0.39, 0.29) is 46.0 Å². The third-order valence-electron chi connectivity index (χ3n) is 5.19. The molecule has 3 atom stereocenters. The quantitative estimate of drug-likeness (QED) is 0.110. The molecule has 2 aromatic rings. The van der Waals surface area contributed by atoms with Crippen LogP contribution in [0.15, 0.2) is 51.3 Å². The largest absolute Gasteiger partial charge is 0.477 e. The molecule has 204 valence electrons. The first-order chi connectivity index (χ1) is 18.6. The Hall–Kier alpha value is -4.23. The van der Waals surface area contributed by atoms with E-state index in [1.165, 1.54) is 23.6 Å². The van der Waals surface area contributed by atoms with Crippen LogP contribution in [0, 0.1) is 10.1 Å². The summed E-state index contributed by atoms with van der Waals surface area (Å²) < 4.78 is 17.0. The van der Waals surface area contributed by atoms with E-state index in [4.69, 9.17) is 10.6 Å². The van der Waals surface area contributed by atoms with Crippen LogP contribution in [-0.4, -0.2) is 80.8 Å². The number of nitrogens with zero attached hydrogens (tertiary/aromatic N) is 6. The van der Waals surface area contributed by atoms with Crippen LogP contribution in [0.2, 0.25) is 0 Å². The number of thioether (sulfide) groups is 1. The number of nitrogen functional groups attached to an aromatic ring is 1. The molecule has 0 spiro atoms. The van der Waals surface area contributed by atoms with Gasteiger partial charge in [-0.25, -0.2) is 9.78 Å². The van der Waals surface area contributed by atoms with E-state index in [0.717, 1.165) is 34.4 Å². The maximum atomic E-state index is 13.0. The van der Waals surface area contributed by atoms with Gasteiger partial charge < -0.3 is 21.0 Å². The van der Waals surface area contributed by atoms with Gasteiger partial charge in [0.2, 0.25) is 11.5 Å². The Labute approximate surface area is 229 Å². The zero-order valence-electron chi connectivity index (χ0n) is 19.7. The maximum absolute atomic E-state index is 13.0. The number of anilines is 1. The summed E-state index contributed by atoms with van der Waals surface area (Å²) in [5.41, 5.74) is 4.77. The second kappa shape index (κ2) is 11.7. The van der Waals surface area contributed by atoms with Crippen LogP contribution in [0.4, 0.5) is 10.8 Å². The van der Waals surface area contributed by atoms with E-state index in [0.29, 0.717) is 5.03 Å². The van der Waals surface area contributed by atoms with Gasteiger partial charge in [-0.05, 0) is 30.0 Å². The normalized spacial score (nSPS) is 20.9. The van der Waals surface area contributed by atoms with Crippen molar-refractivity contribution in [2.24, 2.45) is 5.16 Å². The summed E-state index contributed by atoms with van der Waals surface area (Å²) in [6.07, 6.45) is 2.46. The van der Waals surface area contributed by atoms with Gasteiger partial charge in [0, 0.05) is 17.6 Å². The van der Waals surface area contributed by atoms with Crippen molar-refractivity contribution in [2.45, 2.75) is 23.4 Å². The number of hydrogen-bond donors (Lipinski definition) is 3. The number of β-lactam (4-membered cyclic amide) rings is 1. The minimum absolute atomic E-state index is 0.0700. The van der Waals surface area contributed by atoms with Gasteiger partial charge in [-0.3, -0.25) is 28.8 Å². The zero-order chi connectivity index (χ0) is 28.3. The number of pyridine rings is 1. The number of rotatable bonds is 10. The van der Waals surface area contributed by atoms with Gasteiger partial charge in [-0.2, -0.15) is 9.36 Å². The summed E-state index contributed by atoms with van der Waals surface area (Å²) in [5, 5.41) is 27.5. The number of hydrogen-bond acceptors (Lipinski definition) is 14. The molecule has 0 aliphatic carbocycles. The highest BCUT2D eigenvalue weighted by atomic mass is 32.2. The molecule has 39 heavy (non-hydrogen) atoms. The molecular weight excluding hydrogens is 576 g/mol. The monoisotopic (exact) mass is 594 g/mol. The van der Waals surface area contributed by atoms with E-state index < -0.39 is 44.9 Å². The maximum Gasteiger partial charge on any atom is 0.352 e. The van der Waals surface area contributed by atoms with Crippen molar-refractivity contribution in [1.29, 1.82) is 0 Å². The van der Waals surface area contributed by atoms with Crippen LogP contribution in [0.25, 0.3) is 0 Å². The first-order valence-electron chi connectivity index (χ1n) is 10.8. The van der Waals surface area contributed by atoms with Gasteiger partial charge in [0.05, 0.1) is 21.5 Å². The van der Waals surface area contributed by atoms with E-state index in [1.807, 2.05) is 0 Å². The lowest BCUT2D eigenvalue weighted by atomic mass is 10.0. The van der Waals surface area contributed by atoms with Crippen molar-refractivity contribution in [1.82, 2.24) is 24.6 Å². The number of fused-ring (bicyclic) bond motifs is 1. The number of nitrogens with two attached hydrogens (primary N) is 1. The van der Waals surface area contributed by atoms with E-state index in [9.17, 15) is 33.8 Å². The Morgan fingerprint density at radius 2 is 2.26 bits per heavy atom. The molecule has 2 amide bonds. The molecule has 16 nitrogen and oxygen atoms in total. The van der Waals surface area contributed by atoms with Gasteiger partial charge in [-0.1, -0.05) is 16.9 Å². The highest BCUT2D eigenvalue weighted by Crippen LogP contribution is 2.36. The number of carboxylic acid groups (broad SMARTS) is 1. The van der Waals surface area contributed by atoms with Crippen molar-refractivity contribution < 1.29 is 33.5 Å². The summed E-state index contributed by atoms with van der Waals surface area (Å²) in [6.45, 7) is 1.76. The van der Waals surface area contributed by atoms with Crippen LogP contribution in [-0.2, 0) is 30.0 Å². The molecule has 2 aliphatic rings. The van der Waals surface area contributed by atoms with Crippen LogP contribution in [0.5, 0.6) is 0 Å². The number of carbonyl (C=O) groups is 3. The van der Waals surface area contributed by atoms with Crippen molar-refractivity contribution >= 4 is 68.4 Å². The minimum Gasteiger partial charge on any atom is -0.477 e. The number of aliphatic carboxylic acids is 1. The Morgan fingerprint density at radius 1 is 1.49 bits per heavy atom. The minimum atomic E-state index is -1.78. The molecule has 2 aromatic heterocycles. The lowest BCUT2D eigenvalue weighted by molar-refractivity contribution is -0.385. The summed E-state index contributed by atoms with van der Waals surface area (Å²) in [7, 11) is -1.78. The fraction of sp³-hybridized carbons (Fsp3) is 0.250. The highest BCUT2D eigenvalue weighted by molar-refractivity contribution is 8.02. The molecule has 0 saturated carbocycles. The van der Waals surface area contributed by atoms with Crippen LogP contribution in [0.1, 0.15) is 12.7 Å². The molecule has 1 fully saturated rings. The van der Waals surface area contributed by atoms with Gasteiger partial charge in [0.15, 0.2) is 5.13 Å². The Kier molecular flexibility index (Phi) is 8.31. The summed E-state index contributed by atoms with van der Waals surface area (Å²) in [4.78, 5) is 61.7. The molecule has 0 radical (unpaired) electrons. The molecular formula is C20H18N8O8S3. The Bertz CT molecular complexity index is 1450. The number of oxime groups is 1. The number of carbonyl (C=O) groups excluding carboxylic acids is 2. The van der Waals surface area contributed by atoms with Crippen molar-refractivity contribution in [3.8, 4) is 0 Å². The average molecular weight is 595 g/mol. The fourth-order valence-electron chi connectivity index (χ4n) is 3.52. The number of nitro groups is 1. The standard InChI is InChI=1S/C20H18N8O8S3/c1-2-36-25-12(15-24-20(21)38-26-15)16(29)23-13-17(30)27-14(19(31)32)9(8-39(35)18(13)27)5-6-37-11-4-3-10(7-22-11)28(33)34/h3-7,13,18H,2,8H2,1H3,(H,23,29)(H,31,32)(H2,21,24,26)/b6-5+,25-12-/t13?,18-,39?/m1/s1. The van der Waals surface area contributed by atoms with Crippen molar-refractivity contribution in [3.05, 3.63) is 57.0 Å². The van der Waals surface area contributed by atoms with E-state index in [2.05, 4.69) is 24.8 Å². The van der Waals surface area contributed by atoms with Crippen LogP contribution < -0.4 is 11.1 Å². The number of amides is 2. The molecule has 2 aliphatic heterocycles. The molecule has 19 heteroatoms. The van der Waals surface area contributed by atoms with Crippen molar-refractivity contribution in [3.63, 3.8) is 0 Å². The third kappa shape index (κ3) is 5.78. The predicted molar refractivity (Wildman–Crippen MR) is 139 cm³/mol. The SMILES string of the molecule is CCO/N=C(\C(=O)NC1C(=O)N2C(C(=O)O)=C(/C=C/Sc3ccc([N+](=O)[O-])cn3)CS(=O)[C@H]12)c1nsc(N)n1. The third-order valence-corrected chi connectivity index (χ3v) is 8.10. The van der Waals surface area contributed by atoms with Crippen LogP contribution in [0.3, 0.4) is 0 Å². The molecule has 2 unspecified atom stereocenters. The Morgan fingerprint density at radius 3 is 2.85 bits per heavy atom. The number of carboxylic acids is 1. The van der Waals surface area contributed by atoms with Gasteiger partial charge >= 0.3 is 5.97 Å². The molecule has 0 bridgehead atoms. The molecule has 0 aromatic carbocycles. The summed E-state index contributed by atoms with van der Waals surface area (Å²) in [5.74, 6) is -3.44. The lowest BCUT2D eigenvalue weighted by Crippen LogP contribution is -2.74. The van der Waals surface area contributed by atoms with Gasteiger partial charge in [0.25, 0.3) is 17.5 Å². The van der Waals surface area contributed by atoms with Crippen molar-refractivity contribution in [2.75, 3.05) is 18.1 Å². The first-order valence-corrected chi connectivity index (χ1v) is 13.9.